The molecule has 0 saturated carbocycles. The molecule has 3 aromatic rings. The minimum Gasteiger partial charge on any atom is -0.324 e. The fourth-order valence-corrected chi connectivity index (χ4v) is 2.65. The number of imidazole rings is 1. The highest BCUT2D eigenvalue weighted by atomic mass is 19.1. The van der Waals surface area contributed by atoms with Crippen LogP contribution in [0.25, 0.3) is 11.0 Å². The standard InChI is InChI=1S/C17H15FN4O3/c1-2-16-20-13-5-3-4-6-14(13)21(16)10-17(23)19-11-7-8-12(18)15(9-11)22(24)25/h3-9H,2,10H2,1H3,(H,19,23). The molecule has 1 heterocycles. The minimum absolute atomic E-state index is 0.00879. The van der Waals surface area contributed by atoms with E-state index >= 15 is 0 Å². The lowest BCUT2D eigenvalue weighted by molar-refractivity contribution is -0.387. The van der Waals surface area contributed by atoms with Gasteiger partial charge in [-0.25, -0.2) is 4.98 Å². The van der Waals surface area contributed by atoms with Gasteiger partial charge in [0, 0.05) is 18.2 Å². The maximum absolute atomic E-state index is 13.4. The number of aromatic nitrogens is 2. The van der Waals surface area contributed by atoms with E-state index in [4.69, 9.17) is 0 Å². The monoisotopic (exact) mass is 342 g/mol. The summed E-state index contributed by atoms with van der Waals surface area (Å²) in [5.74, 6) is -0.558. The molecule has 1 amide bonds. The Kier molecular flexibility index (Phi) is 4.42. The van der Waals surface area contributed by atoms with Gasteiger partial charge in [0.15, 0.2) is 0 Å². The molecule has 7 nitrogen and oxygen atoms in total. The second-order valence-corrected chi connectivity index (χ2v) is 5.43. The molecule has 0 spiro atoms. The topological polar surface area (TPSA) is 90.1 Å². The molecule has 25 heavy (non-hydrogen) atoms. The van der Waals surface area contributed by atoms with Crippen LogP contribution in [0.2, 0.25) is 0 Å². The van der Waals surface area contributed by atoms with Crippen molar-refractivity contribution < 1.29 is 14.1 Å². The number of hydrogen-bond donors (Lipinski definition) is 1. The molecule has 2 aromatic carbocycles. The lowest BCUT2D eigenvalue weighted by Crippen LogP contribution is -2.20. The number of nitrogens with one attached hydrogen (secondary N) is 1. The molecular formula is C17H15FN4O3. The number of para-hydroxylation sites is 2. The van der Waals surface area contributed by atoms with Gasteiger partial charge >= 0.3 is 5.69 Å². The summed E-state index contributed by atoms with van der Waals surface area (Å²) in [5.41, 5.74) is 1.12. The van der Waals surface area contributed by atoms with Crippen LogP contribution in [-0.2, 0) is 17.8 Å². The van der Waals surface area contributed by atoms with Crippen molar-refractivity contribution in [2.45, 2.75) is 19.9 Å². The first kappa shape index (κ1) is 16.6. The van der Waals surface area contributed by atoms with Crippen molar-refractivity contribution >= 4 is 28.3 Å². The lowest BCUT2D eigenvalue weighted by Gasteiger charge is -2.09. The van der Waals surface area contributed by atoms with E-state index in [0.717, 1.165) is 29.0 Å². The van der Waals surface area contributed by atoms with E-state index in [1.54, 1.807) is 4.57 Å². The summed E-state index contributed by atoms with van der Waals surface area (Å²) >= 11 is 0. The Bertz CT molecular complexity index is 968. The van der Waals surface area contributed by atoms with Crippen molar-refractivity contribution in [3.63, 3.8) is 0 Å². The molecule has 0 atom stereocenters. The number of halogens is 1. The first-order valence-electron chi connectivity index (χ1n) is 7.67. The number of carbonyl (C=O) groups is 1. The van der Waals surface area contributed by atoms with Crippen molar-refractivity contribution in [2.24, 2.45) is 0 Å². The third-order valence-electron chi connectivity index (χ3n) is 3.78. The highest BCUT2D eigenvalue weighted by Crippen LogP contribution is 2.22. The third-order valence-corrected chi connectivity index (χ3v) is 3.78. The zero-order valence-electron chi connectivity index (χ0n) is 13.4. The Hall–Kier alpha value is -3.29. The van der Waals surface area contributed by atoms with Crippen LogP contribution in [0, 0.1) is 15.9 Å². The Morgan fingerprint density at radius 3 is 2.80 bits per heavy atom. The number of rotatable bonds is 5. The Balaban J connectivity index is 1.84. The largest absolute Gasteiger partial charge is 0.324 e. The molecule has 0 unspecified atom stereocenters. The van der Waals surface area contributed by atoms with Gasteiger partial charge in [0.25, 0.3) is 0 Å². The van der Waals surface area contributed by atoms with E-state index in [2.05, 4.69) is 10.3 Å². The number of hydrogen-bond acceptors (Lipinski definition) is 4. The first-order chi connectivity index (χ1) is 12.0. The van der Waals surface area contributed by atoms with Gasteiger partial charge in [-0.05, 0) is 24.3 Å². The zero-order chi connectivity index (χ0) is 18.0. The molecule has 0 saturated heterocycles. The van der Waals surface area contributed by atoms with E-state index in [1.165, 1.54) is 6.07 Å². The molecule has 8 heteroatoms. The minimum atomic E-state index is -0.947. The van der Waals surface area contributed by atoms with E-state index in [0.29, 0.717) is 6.42 Å². The number of carbonyl (C=O) groups excluding carboxylic acids is 1. The van der Waals surface area contributed by atoms with Gasteiger partial charge in [-0.2, -0.15) is 4.39 Å². The fraction of sp³-hybridized carbons (Fsp3) is 0.176. The number of fused-ring (bicyclic) bond motifs is 1. The summed E-state index contributed by atoms with van der Waals surface area (Å²) in [5, 5.41) is 13.3. The molecule has 3 rings (SSSR count). The van der Waals surface area contributed by atoms with Crippen molar-refractivity contribution in [1.29, 1.82) is 0 Å². The second kappa shape index (κ2) is 6.68. The number of anilines is 1. The molecule has 1 N–H and O–H groups in total. The quantitative estimate of drug-likeness (QED) is 0.569. The summed E-state index contributed by atoms with van der Waals surface area (Å²) in [7, 11) is 0. The number of nitrogens with zero attached hydrogens (tertiary/aromatic N) is 3. The van der Waals surface area contributed by atoms with Crippen LogP contribution in [-0.4, -0.2) is 20.4 Å². The molecule has 0 fully saturated rings. The van der Waals surface area contributed by atoms with Crippen LogP contribution in [0.15, 0.2) is 42.5 Å². The van der Waals surface area contributed by atoms with Gasteiger partial charge < -0.3 is 9.88 Å². The molecule has 1 aromatic heterocycles. The van der Waals surface area contributed by atoms with Crippen molar-refractivity contribution in [3.05, 3.63) is 64.2 Å². The summed E-state index contributed by atoms with van der Waals surface area (Å²) < 4.78 is 15.2. The molecule has 0 radical (unpaired) electrons. The lowest BCUT2D eigenvalue weighted by atomic mass is 10.2. The molecule has 0 aliphatic carbocycles. The van der Waals surface area contributed by atoms with Gasteiger partial charge in [0.2, 0.25) is 11.7 Å². The number of nitro benzene ring substituents is 1. The third kappa shape index (κ3) is 3.32. The first-order valence-corrected chi connectivity index (χ1v) is 7.67. The predicted octanol–water partition coefficient (Wildman–Crippen LogP) is 3.28. The van der Waals surface area contributed by atoms with Crippen molar-refractivity contribution in [2.75, 3.05) is 5.32 Å². The molecular weight excluding hydrogens is 327 g/mol. The normalized spacial score (nSPS) is 10.8. The van der Waals surface area contributed by atoms with Crippen LogP contribution in [0.5, 0.6) is 0 Å². The maximum atomic E-state index is 13.4. The average Bonchev–Trinajstić information content (AvgIpc) is 2.94. The van der Waals surface area contributed by atoms with Crippen molar-refractivity contribution in [3.8, 4) is 0 Å². The van der Waals surface area contributed by atoms with Crippen LogP contribution < -0.4 is 5.32 Å². The van der Waals surface area contributed by atoms with Crippen LogP contribution in [0.1, 0.15) is 12.7 Å². The average molecular weight is 342 g/mol. The Morgan fingerprint density at radius 1 is 1.32 bits per heavy atom. The molecule has 0 aliphatic heterocycles. The SMILES string of the molecule is CCc1nc2ccccc2n1CC(=O)Nc1ccc(F)c([N+](=O)[O-])c1. The zero-order valence-corrected chi connectivity index (χ0v) is 13.4. The second-order valence-electron chi connectivity index (χ2n) is 5.43. The Morgan fingerprint density at radius 2 is 2.08 bits per heavy atom. The molecule has 0 bridgehead atoms. The van der Waals surface area contributed by atoms with E-state index < -0.39 is 16.4 Å². The van der Waals surface area contributed by atoms with E-state index in [-0.39, 0.29) is 18.1 Å². The van der Waals surface area contributed by atoms with Crippen LogP contribution >= 0.6 is 0 Å². The van der Waals surface area contributed by atoms with Crippen LogP contribution in [0.3, 0.4) is 0 Å². The van der Waals surface area contributed by atoms with Crippen LogP contribution in [0.4, 0.5) is 15.8 Å². The van der Waals surface area contributed by atoms with Gasteiger partial charge in [0.05, 0.1) is 16.0 Å². The summed E-state index contributed by atoms with van der Waals surface area (Å²) in [6, 6.07) is 10.7. The summed E-state index contributed by atoms with van der Waals surface area (Å²) in [6.07, 6.45) is 0.657. The maximum Gasteiger partial charge on any atom is 0.306 e. The van der Waals surface area contributed by atoms with Gasteiger partial charge in [-0.15, -0.1) is 0 Å². The molecule has 128 valence electrons. The number of amides is 1. The van der Waals surface area contributed by atoms with Gasteiger partial charge in [-0.1, -0.05) is 19.1 Å². The molecule has 0 aliphatic rings. The number of nitro groups is 1. The van der Waals surface area contributed by atoms with E-state index in [9.17, 15) is 19.3 Å². The number of aryl methyl sites for hydroxylation is 1. The van der Waals surface area contributed by atoms with Gasteiger partial charge in [-0.3, -0.25) is 14.9 Å². The summed E-state index contributed by atoms with van der Waals surface area (Å²) in [4.78, 5) is 26.8. The number of benzene rings is 2. The summed E-state index contributed by atoms with van der Waals surface area (Å²) in [6.45, 7) is 1.95. The highest BCUT2D eigenvalue weighted by molar-refractivity contribution is 5.92. The smallest absolute Gasteiger partial charge is 0.306 e. The predicted molar refractivity (Wildman–Crippen MR) is 90.8 cm³/mol. The van der Waals surface area contributed by atoms with Gasteiger partial charge in [0.1, 0.15) is 12.4 Å². The Labute approximate surface area is 142 Å². The fourth-order valence-electron chi connectivity index (χ4n) is 2.65. The highest BCUT2D eigenvalue weighted by Gasteiger charge is 2.16. The van der Waals surface area contributed by atoms with E-state index in [1.807, 2.05) is 31.2 Å². The van der Waals surface area contributed by atoms with Crippen molar-refractivity contribution in [1.82, 2.24) is 9.55 Å².